The first-order valence-electron chi connectivity index (χ1n) is 19.8. The zero-order valence-electron chi connectivity index (χ0n) is 33.1. The number of benzene rings is 6. The molecule has 6 aromatic carbocycles. The molecule has 2 heteroatoms. The molecule has 0 saturated carbocycles. The van der Waals surface area contributed by atoms with Crippen molar-refractivity contribution in [2.24, 2.45) is 10.8 Å². The topological polar surface area (TPSA) is 0 Å². The van der Waals surface area contributed by atoms with Gasteiger partial charge in [0.25, 0.3) is 0 Å². The van der Waals surface area contributed by atoms with Crippen molar-refractivity contribution in [2.75, 3.05) is 0 Å². The summed E-state index contributed by atoms with van der Waals surface area (Å²) in [7, 11) is -0.639. The molecule has 9 rings (SSSR count). The number of aryl methyl sites for hydroxylation is 2. The van der Waals surface area contributed by atoms with Crippen molar-refractivity contribution in [3.05, 3.63) is 172 Å². The normalized spacial score (nSPS) is 17.5. The number of hydrogen-bond acceptors (Lipinski definition) is 0. The van der Waals surface area contributed by atoms with Gasteiger partial charge in [-0.1, -0.05) is 0 Å². The molecule has 2 aliphatic carbocycles. The molecule has 54 heavy (non-hydrogen) atoms. The molecule has 6 aromatic rings. The molecular formula is C52H51SiZr. The quantitative estimate of drug-likeness (QED) is 0.152. The fraction of sp³-hybridized carbons (Fsp3) is 0.231. The SMILES string of the molecule is Cc1ccccc1-c1cccc2c1C=C(C(C)(C)C)[CH]2[Zr]([c]1cccc2c1[SiH2]c1ccccc1-2)[CH]1C(C(C)(C)C)=Cc2c(-c3ccccc3C)cccc21. The minimum atomic E-state index is -2.95. The third-order valence-electron chi connectivity index (χ3n) is 12.5. The van der Waals surface area contributed by atoms with Gasteiger partial charge in [-0.3, -0.25) is 0 Å². The molecule has 267 valence electrons. The van der Waals surface area contributed by atoms with Crippen molar-refractivity contribution >= 4 is 35.3 Å². The van der Waals surface area contributed by atoms with E-state index in [9.17, 15) is 0 Å². The average Bonchev–Trinajstić information content (AvgIpc) is 3.85. The molecule has 3 aliphatic rings. The van der Waals surface area contributed by atoms with Crippen LogP contribution in [-0.4, -0.2) is 9.52 Å². The summed E-state index contributed by atoms with van der Waals surface area (Å²) in [4.78, 5) is 0. The van der Waals surface area contributed by atoms with Gasteiger partial charge in [0.1, 0.15) is 0 Å². The van der Waals surface area contributed by atoms with E-state index >= 15 is 0 Å². The molecule has 2 atom stereocenters. The zero-order valence-corrected chi connectivity index (χ0v) is 37.0. The second-order valence-corrected chi connectivity index (χ2v) is 26.2. The van der Waals surface area contributed by atoms with Crippen LogP contribution in [0, 0.1) is 24.7 Å². The van der Waals surface area contributed by atoms with E-state index in [0.29, 0.717) is 7.25 Å². The predicted molar refractivity (Wildman–Crippen MR) is 233 cm³/mol. The van der Waals surface area contributed by atoms with Crippen molar-refractivity contribution in [3.8, 4) is 33.4 Å². The van der Waals surface area contributed by atoms with Crippen LogP contribution in [0.3, 0.4) is 0 Å². The fourth-order valence-electron chi connectivity index (χ4n) is 9.90. The molecule has 0 radical (unpaired) electrons. The first-order valence-corrected chi connectivity index (χ1v) is 25.3. The average molecular weight is 795 g/mol. The predicted octanol–water partition coefficient (Wildman–Crippen LogP) is 11.3. The van der Waals surface area contributed by atoms with Gasteiger partial charge in [-0.15, -0.1) is 0 Å². The van der Waals surface area contributed by atoms with Crippen LogP contribution >= 0.6 is 0 Å². The van der Waals surface area contributed by atoms with Crippen LogP contribution in [0.15, 0.2) is 139 Å². The molecule has 0 fully saturated rings. The van der Waals surface area contributed by atoms with Crippen molar-refractivity contribution in [1.29, 1.82) is 0 Å². The van der Waals surface area contributed by atoms with Crippen LogP contribution < -0.4 is 13.6 Å². The fourth-order valence-corrected chi connectivity index (χ4v) is 25.0. The first-order chi connectivity index (χ1) is 25.9. The number of allylic oxidation sites excluding steroid dienone is 2. The Bertz CT molecular complexity index is 2400. The molecule has 0 N–H and O–H groups in total. The third-order valence-corrected chi connectivity index (χ3v) is 24.3. The van der Waals surface area contributed by atoms with Crippen molar-refractivity contribution in [2.45, 2.75) is 62.6 Å². The van der Waals surface area contributed by atoms with Gasteiger partial charge < -0.3 is 0 Å². The monoisotopic (exact) mass is 793 g/mol. The van der Waals surface area contributed by atoms with Crippen molar-refractivity contribution in [3.63, 3.8) is 0 Å². The Kier molecular flexibility index (Phi) is 8.76. The van der Waals surface area contributed by atoms with E-state index in [-0.39, 0.29) is 10.8 Å². The Morgan fingerprint density at radius 2 is 0.870 bits per heavy atom. The summed E-state index contributed by atoms with van der Waals surface area (Å²) >= 11 is -2.95. The minimum absolute atomic E-state index is 0.0207. The second kappa shape index (κ2) is 13.3. The molecule has 2 unspecified atom stereocenters. The summed E-state index contributed by atoms with van der Waals surface area (Å²) in [6.07, 6.45) is 5.33. The Labute approximate surface area is 333 Å². The Balaban J connectivity index is 1.35. The molecular weight excluding hydrogens is 744 g/mol. The Hall–Kier alpha value is -4.10. The summed E-state index contributed by atoms with van der Waals surface area (Å²) in [5.41, 5.74) is 20.6. The van der Waals surface area contributed by atoms with Gasteiger partial charge in [-0.05, 0) is 0 Å². The van der Waals surface area contributed by atoms with Gasteiger partial charge in [0.2, 0.25) is 0 Å². The summed E-state index contributed by atoms with van der Waals surface area (Å²) in [6, 6.07) is 49.3. The molecule has 0 bridgehead atoms. The van der Waals surface area contributed by atoms with Crippen LogP contribution in [0.1, 0.15) is 82.2 Å². The van der Waals surface area contributed by atoms with Gasteiger partial charge in [0, 0.05) is 0 Å². The molecule has 0 aromatic heterocycles. The maximum atomic E-state index is 2.66. The Morgan fingerprint density at radius 3 is 1.37 bits per heavy atom. The van der Waals surface area contributed by atoms with Crippen molar-refractivity contribution < 1.29 is 21.8 Å². The van der Waals surface area contributed by atoms with Crippen LogP contribution in [0.25, 0.3) is 45.5 Å². The molecule has 0 nitrogen and oxygen atoms in total. The second-order valence-electron chi connectivity index (χ2n) is 17.9. The van der Waals surface area contributed by atoms with Crippen LogP contribution in [0.4, 0.5) is 0 Å². The maximum absolute atomic E-state index is 2.95. The van der Waals surface area contributed by atoms with Gasteiger partial charge >= 0.3 is 336 Å². The summed E-state index contributed by atoms with van der Waals surface area (Å²) in [5.74, 6) is 0. The van der Waals surface area contributed by atoms with E-state index in [1.165, 1.54) is 55.6 Å². The first kappa shape index (κ1) is 35.6. The number of rotatable bonds is 5. The van der Waals surface area contributed by atoms with Crippen LogP contribution in [0.2, 0.25) is 0 Å². The molecule has 1 heterocycles. The standard InChI is InChI=1S/2C20H21.C12H9Si.Zr/c2*1-14-8-5-6-10-17(14)18-11-7-9-15-12-16(13-19(15)18)20(2,3)4;1-3-7-11-9(5-1)10-6-2-4-8-12(10)13-11;/h2*5-13H,1-4H3;1-7H,13H2;. The summed E-state index contributed by atoms with van der Waals surface area (Å²) < 4.78 is 2.60. The number of fused-ring (bicyclic) bond motifs is 5. The van der Waals surface area contributed by atoms with E-state index < -0.39 is 31.3 Å². The van der Waals surface area contributed by atoms with E-state index in [1.54, 1.807) is 35.9 Å². The molecule has 0 spiro atoms. The third kappa shape index (κ3) is 5.79. The summed E-state index contributed by atoms with van der Waals surface area (Å²) in [6.45, 7) is 19.4. The number of hydrogen-bond donors (Lipinski definition) is 0. The van der Waals surface area contributed by atoms with E-state index in [2.05, 4.69) is 195 Å². The summed E-state index contributed by atoms with van der Waals surface area (Å²) in [5, 5.41) is 3.35. The van der Waals surface area contributed by atoms with Gasteiger partial charge in [0.15, 0.2) is 0 Å². The molecule has 1 aliphatic heterocycles. The molecule has 0 amide bonds. The van der Waals surface area contributed by atoms with E-state index in [1.807, 2.05) is 0 Å². The van der Waals surface area contributed by atoms with E-state index in [4.69, 9.17) is 0 Å². The Morgan fingerprint density at radius 1 is 0.444 bits per heavy atom. The van der Waals surface area contributed by atoms with E-state index in [0.717, 1.165) is 0 Å². The van der Waals surface area contributed by atoms with Gasteiger partial charge in [-0.2, -0.15) is 0 Å². The van der Waals surface area contributed by atoms with Crippen LogP contribution in [-0.2, 0) is 21.8 Å². The van der Waals surface area contributed by atoms with Crippen LogP contribution in [0.5, 0.6) is 0 Å². The molecule has 0 saturated heterocycles. The van der Waals surface area contributed by atoms with Gasteiger partial charge in [0.05, 0.1) is 0 Å². The van der Waals surface area contributed by atoms with Crippen molar-refractivity contribution in [1.82, 2.24) is 0 Å². The zero-order chi connectivity index (χ0) is 37.5. The van der Waals surface area contributed by atoms with Gasteiger partial charge in [-0.25, -0.2) is 0 Å².